The summed E-state index contributed by atoms with van der Waals surface area (Å²) in [6.45, 7) is 27.2. The maximum absolute atomic E-state index is 2.99. The fourth-order valence-electron chi connectivity index (χ4n) is 5.74. The summed E-state index contributed by atoms with van der Waals surface area (Å²) in [6.07, 6.45) is 10.0. The van der Waals surface area contributed by atoms with Gasteiger partial charge in [-0.25, -0.2) is 12.2 Å². The van der Waals surface area contributed by atoms with Gasteiger partial charge in [-0.15, -0.1) is 46.2 Å². The predicted octanol–water partition coefficient (Wildman–Crippen LogP) is 7.02. The van der Waals surface area contributed by atoms with Crippen LogP contribution < -0.4 is 24.8 Å². The minimum absolute atomic E-state index is 0. The molecule has 0 atom stereocenters. The summed E-state index contributed by atoms with van der Waals surface area (Å²) in [4.78, 5) is 0. The normalized spacial score (nSPS) is 12.8. The molecule has 1 aliphatic rings. The zero-order valence-electron chi connectivity index (χ0n) is 32.4. The Kier molecular flexibility index (Phi) is 15.2. The molecule has 0 heterocycles. The third kappa shape index (κ3) is 11.5. The molecular weight excluding hydrogens is 727 g/mol. The number of halogens is 2. The predicted molar refractivity (Wildman–Crippen MR) is 210 cm³/mol. The molecule has 0 unspecified atom stereocenters. The van der Waals surface area contributed by atoms with Gasteiger partial charge in [0.25, 0.3) is 0 Å². The van der Waals surface area contributed by atoms with Gasteiger partial charge in [-0.3, -0.25) is 6.08 Å². The van der Waals surface area contributed by atoms with Crippen molar-refractivity contribution < 1.29 is 49.0 Å². The molecule has 6 rings (SSSR count). The summed E-state index contributed by atoms with van der Waals surface area (Å²) in [5, 5.41) is 5.48. The summed E-state index contributed by atoms with van der Waals surface area (Å²) in [5.41, 5.74) is 9.11. The summed E-state index contributed by atoms with van der Waals surface area (Å²) < 4.78 is 1.42. The van der Waals surface area contributed by atoms with Gasteiger partial charge in [0.15, 0.2) is 0 Å². The van der Waals surface area contributed by atoms with E-state index in [0.717, 1.165) is 6.42 Å². The van der Waals surface area contributed by atoms with E-state index in [0.29, 0.717) is 0 Å². The van der Waals surface area contributed by atoms with E-state index in [9.17, 15) is 0 Å². The van der Waals surface area contributed by atoms with Crippen LogP contribution in [0.15, 0.2) is 109 Å². The van der Waals surface area contributed by atoms with Gasteiger partial charge in [-0.05, 0) is 10.8 Å². The maximum Gasteiger partial charge on any atom is -0.0202 e. The molecular formula is C47H56Cl2Zr-2. The second-order valence-electron chi connectivity index (χ2n) is 17.3. The van der Waals surface area contributed by atoms with Gasteiger partial charge >= 0.3 is 151 Å². The first-order chi connectivity index (χ1) is 22.2. The third-order valence-electron chi connectivity index (χ3n) is 9.10. The summed E-state index contributed by atoms with van der Waals surface area (Å²) in [5.74, 6) is 0. The van der Waals surface area contributed by atoms with E-state index in [1.54, 1.807) is 0 Å². The molecule has 3 heteroatoms. The molecule has 0 spiro atoms. The van der Waals surface area contributed by atoms with Crippen molar-refractivity contribution in [2.24, 2.45) is 0 Å². The average Bonchev–Trinajstić information content (AvgIpc) is 3.71. The second kappa shape index (κ2) is 17.4. The maximum atomic E-state index is 2.99. The number of benzene rings is 4. The van der Waals surface area contributed by atoms with Crippen LogP contribution in [0.3, 0.4) is 0 Å². The second-order valence-corrected chi connectivity index (χ2v) is 18.5. The van der Waals surface area contributed by atoms with Gasteiger partial charge in [0, 0.05) is 0 Å². The number of hydrogen-bond donors (Lipinski definition) is 0. The van der Waals surface area contributed by atoms with E-state index in [-0.39, 0.29) is 46.5 Å². The Morgan fingerprint density at radius 2 is 0.860 bits per heavy atom. The Morgan fingerprint density at radius 1 is 0.520 bits per heavy atom. The first-order valence-electron chi connectivity index (χ1n) is 17.4. The Labute approximate surface area is 331 Å². The van der Waals surface area contributed by atoms with Crippen molar-refractivity contribution >= 4 is 24.8 Å². The summed E-state index contributed by atoms with van der Waals surface area (Å²) >= 11 is 1.46. The van der Waals surface area contributed by atoms with Gasteiger partial charge in [-0.1, -0.05) is 76.9 Å². The molecule has 0 nitrogen and oxygen atoms in total. The molecule has 50 heavy (non-hydrogen) atoms. The van der Waals surface area contributed by atoms with Crippen molar-refractivity contribution in [3.05, 3.63) is 149 Å². The molecule has 0 N–H and O–H groups in total. The number of fused-ring (bicyclic) bond motifs is 3. The third-order valence-corrected chi connectivity index (χ3v) is 10.5. The van der Waals surface area contributed by atoms with Crippen LogP contribution in [0, 0.1) is 6.08 Å². The Morgan fingerprint density at radius 3 is 1.12 bits per heavy atom. The van der Waals surface area contributed by atoms with E-state index < -0.39 is 0 Å². The van der Waals surface area contributed by atoms with Crippen molar-refractivity contribution in [2.45, 2.75) is 111 Å². The summed E-state index contributed by atoms with van der Waals surface area (Å²) in [7, 11) is 0. The van der Waals surface area contributed by atoms with Gasteiger partial charge in [0.2, 0.25) is 0 Å². The number of allylic oxidation sites excluding steroid dienone is 4. The molecule has 0 radical (unpaired) electrons. The largest absolute Gasteiger partial charge is 1.00 e. The minimum atomic E-state index is 0. The van der Waals surface area contributed by atoms with Crippen LogP contribution in [0.25, 0.3) is 21.5 Å². The van der Waals surface area contributed by atoms with E-state index in [1.807, 2.05) is 12.2 Å². The minimum Gasteiger partial charge on any atom is -1.00 e. The van der Waals surface area contributed by atoms with E-state index in [2.05, 4.69) is 186 Å². The monoisotopic (exact) mass is 780 g/mol. The van der Waals surface area contributed by atoms with Gasteiger partial charge in [-0.2, -0.15) is 6.08 Å². The van der Waals surface area contributed by atoms with Crippen molar-refractivity contribution in [3.63, 3.8) is 0 Å². The zero-order valence-corrected chi connectivity index (χ0v) is 36.3. The standard InChI is InChI=1S/C21H25.C21H26.C5H5.2ClH.Zr/c1-20(2,3)16-7-9-18-14(12-16)11-15-13-17(21(4,5)6)8-10-19(15)18;1-20(2,3)18-11-7-16(8-12-18)15-17-9-13-19(14-10-17)21(4,5)6;1-2-4-5-3-1;;;/h7-13H,1-6H3;7-14H,1-6H3;1-3H,4H2;2*1H;/q-1;;-1;;;+2/p-2. The van der Waals surface area contributed by atoms with Crippen molar-refractivity contribution in [3.8, 4) is 0 Å². The van der Waals surface area contributed by atoms with Crippen LogP contribution in [0.5, 0.6) is 0 Å². The fourth-order valence-corrected chi connectivity index (χ4v) is 6.56. The molecule has 0 amide bonds. The smallest absolute Gasteiger partial charge is 0.0202 e. The topological polar surface area (TPSA) is 0 Å². The van der Waals surface area contributed by atoms with E-state index >= 15 is 0 Å². The average molecular weight is 783 g/mol. The van der Waals surface area contributed by atoms with E-state index in [1.165, 1.54) is 82.4 Å². The molecule has 0 saturated heterocycles. The van der Waals surface area contributed by atoms with Crippen molar-refractivity contribution in [2.75, 3.05) is 0 Å². The van der Waals surface area contributed by atoms with Crippen LogP contribution in [-0.2, 0) is 45.9 Å². The number of rotatable bonds is 2. The molecule has 264 valence electrons. The Hall–Kier alpha value is -2.44. The molecule has 0 aliphatic heterocycles. The molecule has 5 aromatic rings. The zero-order chi connectivity index (χ0) is 35.5. The SMILES string of the molecule is CC(C)(C)c1ccc([C](=[Zr+2])c2ccc(C(C)(C)C)cc2)cc1.CC(C)(C)c1ccc2c(c1)[cH-]c1cc(C(C)(C)C)ccc12.[C-]1=CC=CC1.[Cl-].[Cl-]. The molecule has 0 aromatic heterocycles. The Balaban J connectivity index is 0.000000293. The molecule has 0 bridgehead atoms. The van der Waals surface area contributed by atoms with Crippen LogP contribution in [0.1, 0.15) is 123 Å². The van der Waals surface area contributed by atoms with Crippen LogP contribution >= 0.6 is 0 Å². The quantitative estimate of drug-likeness (QED) is 0.169. The van der Waals surface area contributed by atoms with Gasteiger partial charge < -0.3 is 24.8 Å². The Bertz CT molecular complexity index is 1770. The first kappa shape index (κ1) is 43.7. The van der Waals surface area contributed by atoms with Crippen LogP contribution in [-0.4, -0.2) is 3.21 Å². The van der Waals surface area contributed by atoms with Crippen molar-refractivity contribution in [1.82, 2.24) is 0 Å². The first-order valence-corrected chi connectivity index (χ1v) is 18.6. The van der Waals surface area contributed by atoms with Crippen LogP contribution in [0.4, 0.5) is 0 Å². The van der Waals surface area contributed by atoms with Gasteiger partial charge in [0.05, 0.1) is 0 Å². The molecule has 0 saturated carbocycles. The van der Waals surface area contributed by atoms with Gasteiger partial charge in [0.1, 0.15) is 0 Å². The summed E-state index contributed by atoms with van der Waals surface area (Å²) in [6, 6.07) is 34.3. The van der Waals surface area contributed by atoms with Crippen LogP contribution in [0.2, 0.25) is 0 Å². The molecule has 1 aliphatic carbocycles. The van der Waals surface area contributed by atoms with E-state index in [4.69, 9.17) is 0 Å². The fraction of sp³-hybridized carbons (Fsp3) is 0.362. The van der Waals surface area contributed by atoms with Crippen molar-refractivity contribution in [1.29, 1.82) is 0 Å². The molecule has 5 aromatic carbocycles. The number of hydrogen-bond acceptors (Lipinski definition) is 0. The molecule has 0 fully saturated rings.